The molecule has 0 atom stereocenters. The van der Waals surface area contributed by atoms with Crippen molar-refractivity contribution in [2.24, 2.45) is 0 Å². The maximum atomic E-state index is 6.11. The number of anilines is 2. The van der Waals surface area contributed by atoms with Crippen molar-refractivity contribution >= 4 is 11.4 Å². The first-order chi connectivity index (χ1) is 8.72. The molecule has 1 aromatic rings. The fraction of sp³-hybridized carbons (Fsp3) is 0.600. The van der Waals surface area contributed by atoms with Crippen molar-refractivity contribution in [3.8, 4) is 0 Å². The molecular weight excluding hydrogens is 222 g/mol. The van der Waals surface area contributed by atoms with Gasteiger partial charge >= 0.3 is 0 Å². The Balaban J connectivity index is 1.97. The van der Waals surface area contributed by atoms with E-state index in [0.29, 0.717) is 0 Å². The quantitative estimate of drug-likeness (QED) is 0.830. The molecule has 18 heavy (non-hydrogen) atoms. The van der Waals surface area contributed by atoms with Crippen LogP contribution in [0.5, 0.6) is 0 Å². The molecule has 0 aliphatic carbocycles. The van der Waals surface area contributed by atoms with E-state index in [9.17, 15) is 0 Å². The van der Waals surface area contributed by atoms with E-state index in [1.165, 1.54) is 30.6 Å². The van der Waals surface area contributed by atoms with Crippen LogP contribution in [0.15, 0.2) is 18.2 Å². The summed E-state index contributed by atoms with van der Waals surface area (Å²) < 4.78 is 0. The van der Waals surface area contributed by atoms with E-state index in [2.05, 4.69) is 29.7 Å². The Hall–Kier alpha value is -1.22. The Morgan fingerprint density at radius 2 is 1.89 bits per heavy atom. The van der Waals surface area contributed by atoms with E-state index in [4.69, 9.17) is 5.73 Å². The molecule has 0 amide bonds. The normalized spacial score (nSPS) is 17.1. The van der Waals surface area contributed by atoms with Gasteiger partial charge in [-0.15, -0.1) is 0 Å². The van der Waals surface area contributed by atoms with Crippen molar-refractivity contribution in [3.05, 3.63) is 23.8 Å². The molecule has 3 heteroatoms. The first kappa shape index (κ1) is 13.2. The van der Waals surface area contributed by atoms with Crippen LogP contribution in [0.25, 0.3) is 0 Å². The highest BCUT2D eigenvalue weighted by Crippen LogP contribution is 2.28. The predicted molar refractivity (Wildman–Crippen MR) is 79.2 cm³/mol. The fourth-order valence-corrected chi connectivity index (χ4v) is 2.69. The summed E-state index contributed by atoms with van der Waals surface area (Å²) >= 11 is 0. The van der Waals surface area contributed by atoms with Crippen molar-refractivity contribution in [2.75, 3.05) is 43.4 Å². The molecule has 2 rings (SSSR count). The second kappa shape index (κ2) is 6.10. The number of nitrogens with zero attached hydrogens (tertiary/aromatic N) is 2. The van der Waals surface area contributed by atoms with Gasteiger partial charge in [0.05, 0.1) is 11.4 Å². The summed E-state index contributed by atoms with van der Waals surface area (Å²) in [4.78, 5) is 5.00. The van der Waals surface area contributed by atoms with Crippen molar-refractivity contribution in [1.82, 2.24) is 4.90 Å². The average Bonchev–Trinajstić information content (AvgIpc) is 2.37. The number of rotatable bonds is 4. The molecule has 0 unspecified atom stereocenters. The van der Waals surface area contributed by atoms with Crippen molar-refractivity contribution in [1.29, 1.82) is 0 Å². The molecule has 2 N–H and O–H groups in total. The number of benzene rings is 1. The first-order valence-electron chi connectivity index (χ1n) is 7.04. The number of piperazine rings is 1. The molecule has 1 fully saturated rings. The highest BCUT2D eigenvalue weighted by atomic mass is 15.3. The zero-order chi connectivity index (χ0) is 13.0. The highest BCUT2D eigenvalue weighted by molar-refractivity contribution is 5.71. The minimum atomic E-state index is 0.914. The fourth-order valence-electron chi connectivity index (χ4n) is 2.69. The molecule has 1 aliphatic heterocycles. The largest absolute Gasteiger partial charge is 0.397 e. The van der Waals surface area contributed by atoms with E-state index in [1.807, 2.05) is 12.1 Å². The van der Waals surface area contributed by atoms with Crippen LogP contribution in [0.3, 0.4) is 0 Å². The maximum Gasteiger partial charge on any atom is 0.0630 e. The Morgan fingerprint density at radius 1 is 1.17 bits per heavy atom. The second-order valence-electron chi connectivity index (χ2n) is 5.19. The highest BCUT2D eigenvalue weighted by Gasteiger charge is 2.19. The second-order valence-corrected chi connectivity index (χ2v) is 5.19. The Bertz CT molecular complexity index is 361. The standard InChI is InChI=1S/C15H25N3/c1-3-4-8-17-9-11-18(12-10-17)15-13(2)6-5-7-14(15)16/h5-7H,3-4,8-12,16H2,1-2H3. The van der Waals surface area contributed by atoms with Gasteiger partial charge in [-0.25, -0.2) is 0 Å². The third kappa shape index (κ3) is 2.96. The molecule has 1 heterocycles. The summed E-state index contributed by atoms with van der Waals surface area (Å²) in [7, 11) is 0. The summed E-state index contributed by atoms with van der Waals surface area (Å²) in [6, 6.07) is 6.19. The number of nitrogens with two attached hydrogens (primary N) is 1. The van der Waals surface area contributed by atoms with Crippen LogP contribution in [0.1, 0.15) is 25.3 Å². The monoisotopic (exact) mass is 247 g/mol. The molecule has 1 aromatic carbocycles. The summed E-state index contributed by atoms with van der Waals surface area (Å²) in [6.45, 7) is 10.2. The minimum absolute atomic E-state index is 0.914. The van der Waals surface area contributed by atoms with Crippen LogP contribution in [0, 0.1) is 6.92 Å². The summed E-state index contributed by atoms with van der Waals surface area (Å²) in [6.07, 6.45) is 2.59. The average molecular weight is 247 g/mol. The number of hydrogen-bond donors (Lipinski definition) is 1. The lowest BCUT2D eigenvalue weighted by atomic mass is 10.1. The SMILES string of the molecule is CCCCN1CCN(c2c(C)cccc2N)CC1. The van der Waals surface area contributed by atoms with Gasteiger partial charge in [0.15, 0.2) is 0 Å². The Kier molecular flexibility index (Phi) is 4.48. The van der Waals surface area contributed by atoms with E-state index in [0.717, 1.165) is 31.9 Å². The van der Waals surface area contributed by atoms with Gasteiger partial charge in [-0.3, -0.25) is 4.90 Å². The molecule has 0 bridgehead atoms. The predicted octanol–water partition coefficient (Wildman–Crippen LogP) is 2.50. The Labute approximate surface area is 111 Å². The molecule has 1 saturated heterocycles. The minimum Gasteiger partial charge on any atom is -0.397 e. The van der Waals surface area contributed by atoms with Gasteiger partial charge in [0.1, 0.15) is 0 Å². The molecule has 0 radical (unpaired) electrons. The van der Waals surface area contributed by atoms with E-state index in [1.54, 1.807) is 0 Å². The molecule has 0 spiro atoms. The van der Waals surface area contributed by atoms with Crippen LogP contribution in [0.4, 0.5) is 11.4 Å². The summed E-state index contributed by atoms with van der Waals surface area (Å²) in [5.41, 5.74) is 9.56. The third-order valence-corrected chi connectivity index (χ3v) is 3.79. The van der Waals surface area contributed by atoms with Crippen molar-refractivity contribution in [3.63, 3.8) is 0 Å². The van der Waals surface area contributed by atoms with Gasteiger partial charge in [-0.2, -0.15) is 0 Å². The van der Waals surface area contributed by atoms with Gasteiger partial charge in [0, 0.05) is 26.2 Å². The molecule has 3 nitrogen and oxygen atoms in total. The third-order valence-electron chi connectivity index (χ3n) is 3.79. The number of nitrogen functional groups attached to an aromatic ring is 1. The van der Waals surface area contributed by atoms with Gasteiger partial charge in [-0.05, 0) is 31.5 Å². The number of para-hydroxylation sites is 1. The molecule has 0 aromatic heterocycles. The van der Waals surface area contributed by atoms with E-state index >= 15 is 0 Å². The van der Waals surface area contributed by atoms with Crippen LogP contribution < -0.4 is 10.6 Å². The van der Waals surface area contributed by atoms with Gasteiger partial charge in [0.2, 0.25) is 0 Å². The number of unbranched alkanes of at least 4 members (excludes halogenated alkanes) is 1. The Morgan fingerprint density at radius 3 is 2.50 bits per heavy atom. The van der Waals surface area contributed by atoms with Crippen LogP contribution in [-0.4, -0.2) is 37.6 Å². The maximum absolute atomic E-state index is 6.11. The summed E-state index contributed by atoms with van der Waals surface area (Å²) in [5.74, 6) is 0. The van der Waals surface area contributed by atoms with Gasteiger partial charge in [0.25, 0.3) is 0 Å². The smallest absolute Gasteiger partial charge is 0.0630 e. The zero-order valence-electron chi connectivity index (χ0n) is 11.7. The zero-order valence-corrected chi connectivity index (χ0v) is 11.7. The van der Waals surface area contributed by atoms with Gasteiger partial charge in [-0.1, -0.05) is 25.5 Å². The lowest BCUT2D eigenvalue weighted by Crippen LogP contribution is -2.47. The lowest BCUT2D eigenvalue weighted by Gasteiger charge is -2.37. The van der Waals surface area contributed by atoms with Crippen molar-refractivity contribution < 1.29 is 0 Å². The number of hydrogen-bond acceptors (Lipinski definition) is 3. The van der Waals surface area contributed by atoms with Gasteiger partial charge < -0.3 is 10.6 Å². The topological polar surface area (TPSA) is 32.5 Å². The molecule has 1 aliphatic rings. The van der Waals surface area contributed by atoms with E-state index in [-0.39, 0.29) is 0 Å². The lowest BCUT2D eigenvalue weighted by molar-refractivity contribution is 0.254. The van der Waals surface area contributed by atoms with Crippen LogP contribution in [0.2, 0.25) is 0 Å². The molecule has 0 saturated carbocycles. The van der Waals surface area contributed by atoms with Crippen molar-refractivity contribution in [2.45, 2.75) is 26.7 Å². The molecule has 100 valence electrons. The van der Waals surface area contributed by atoms with Crippen LogP contribution in [-0.2, 0) is 0 Å². The first-order valence-corrected chi connectivity index (χ1v) is 7.04. The van der Waals surface area contributed by atoms with Crippen LogP contribution >= 0.6 is 0 Å². The number of aryl methyl sites for hydroxylation is 1. The molecular formula is C15H25N3. The summed E-state index contributed by atoms with van der Waals surface area (Å²) in [5, 5.41) is 0. The van der Waals surface area contributed by atoms with E-state index < -0.39 is 0 Å².